The fraction of sp³-hybridized carbons (Fsp3) is 0.394. The Kier molecular flexibility index (Phi) is 8.34. The molecule has 3 aromatic rings. The number of halogens is 2. The molecule has 2 aliphatic heterocycles. The van der Waals surface area contributed by atoms with E-state index in [4.69, 9.17) is 4.74 Å². The number of ether oxygens (including phenoxy) is 1. The van der Waals surface area contributed by atoms with Gasteiger partial charge < -0.3 is 25.4 Å². The summed E-state index contributed by atoms with van der Waals surface area (Å²) in [6.45, 7) is 0.677. The molecule has 1 spiro atoms. The zero-order valence-electron chi connectivity index (χ0n) is 23.3. The van der Waals surface area contributed by atoms with E-state index in [1.54, 1.807) is 0 Å². The van der Waals surface area contributed by atoms with Crippen LogP contribution in [0.2, 0.25) is 0 Å². The second-order valence-corrected chi connectivity index (χ2v) is 12.6. The Bertz CT molecular complexity index is 1460. The van der Waals surface area contributed by atoms with E-state index in [1.807, 2.05) is 42.5 Å². The second kappa shape index (κ2) is 12.1. The summed E-state index contributed by atoms with van der Waals surface area (Å²) in [6.07, 6.45) is 4.50. The Labute approximate surface area is 253 Å². The van der Waals surface area contributed by atoms with Crippen molar-refractivity contribution in [1.29, 1.82) is 0 Å². The van der Waals surface area contributed by atoms with Crippen LogP contribution in [0.25, 0.3) is 0 Å². The van der Waals surface area contributed by atoms with Gasteiger partial charge >= 0.3 is 0 Å². The zero-order valence-corrected chi connectivity index (χ0v) is 24.9. The lowest BCUT2D eigenvalue weighted by Gasteiger charge is -2.48. The minimum Gasteiger partial charge on any atom is -0.487 e. The van der Waals surface area contributed by atoms with Crippen molar-refractivity contribution < 1.29 is 23.8 Å². The molecule has 220 valence electrons. The number of anilines is 1. The Balaban J connectivity index is 1.20. The molecule has 2 amide bonds. The van der Waals surface area contributed by atoms with Crippen molar-refractivity contribution >= 4 is 33.4 Å². The summed E-state index contributed by atoms with van der Waals surface area (Å²) in [6, 6.07) is 19.2. The number of nitrogens with one attached hydrogen (secondary N) is 2. The van der Waals surface area contributed by atoms with Crippen LogP contribution in [0.1, 0.15) is 66.1 Å². The van der Waals surface area contributed by atoms with Gasteiger partial charge in [-0.3, -0.25) is 9.59 Å². The molecular formula is C33H35BrFN3O4. The minimum absolute atomic E-state index is 0.00747. The average Bonchev–Trinajstić information content (AvgIpc) is 3.40. The zero-order chi connectivity index (χ0) is 29.3. The molecule has 1 saturated carbocycles. The third-order valence-corrected chi connectivity index (χ3v) is 9.23. The van der Waals surface area contributed by atoms with Gasteiger partial charge in [-0.15, -0.1) is 0 Å². The predicted octanol–water partition coefficient (Wildman–Crippen LogP) is 5.45. The molecule has 3 aliphatic rings. The van der Waals surface area contributed by atoms with Crippen LogP contribution in [0.4, 0.5) is 10.1 Å². The number of benzene rings is 3. The van der Waals surface area contributed by atoms with E-state index in [9.17, 15) is 19.1 Å². The lowest BCUT2D eigenvalue weighted by atomic mass is 9.73. The topological polar surface area (TPSA) is 90.9 Å². The van der Waals surface area contributed by atoms with Crippen molar-refractivity contribution in [3.63, 3.8) is 0 Å². The molecule has 3 N–H and O–H groups in total. The maximum absolute atomic E-state index is 14.6. The van der Waals surface area contributed by atoms with Crippen molar-refractivity contribution in [2.24, 2.45) is 0 Å². The summed E-state index contributed by atoms with van der Waals surface area (Å²) in [5.41, 5.74) is 2.20. The molecule has 1 aliphatic carbocycles. The average molecular weight is 637 g/mol. The van der Waals surface area contributed by atoms with Gasteiger partial charge in [-0.2, -0.15) is 0 Å². The van der Waals surface area contributed by atoms with E-state index < -0.39 is 23.9 Å². The molecule has 1 saturated heterocycles. The molecule has 0 bridgehead atoms. The highest BCUT2D eigenvalue weighted by Crippen LogP contribution is 2.49. The number of nitrogens with zero attached hydrogens (tertiary/aromatic N) is 1. The standard InChI is InChI=1S/C33H35BrFN3O4/c34-23-10-12-30-24(18-23)27(19-33(42-30)13-5-14-33)36-20-29(39)26(16-21-6-2-1-3-7-21)37-32(41)22-9-11-25(35)28(17-22)38-15-4-8-31(38)40/h1-3,6-7,9-12,17-18,26-27,29,36,39H,4-5,8,13-16,19-20H2,(H,37,41)/t26-,27-,29-/m0/s1. The molecule has 9 heteroatoms. The van der Waals surface area contributed by atoms with E-state index in [0.717, 1.165) is 47.0 Å². The van der Waals surface area contributed by atoms with Gasteiger partial charge in [0.25, 0.3) is 5.91 Å². The number of aliphatic hydroxyl groups is 1. The third-order valence-electron chi connectivity index (χ3n) is 8.74. The highest BCUT2D eigenvalue weighted by atomic mass is 79.9. The van der Waals surface area contributed by atoms with Crippen LogP contribution < -0.4 is 20.3 Å². The van der Waals surface area contributed by atoms with Crippen LogP contribution in [0.3, 0.4) is 0 Å². The number of hydrogen-bond donors (Lipinski definition) is 3. The first-order chi connectivity index (χ1) is 20.3. The predicted molar refractivity (Wildman–Crippen MR) is 162 cm³/mol. The van der Waals surface area contributed by atoms with E-state index in [0.29, 0.717) is 25.8 Å². The van der Waals surface area contributed by atoms with E-state index >= 15 is 0 Å². The summed E-state index contributed by atoms with van der Waals surface area (Å²) in [4.78, 5) is 27.1. The second-order valence-electron chi connectivity index (χ2n) is 11.6. The molecule has 2 heterocycles. The number of amides is 2. The fourth-order valence-corrected chi connectivity index (χ4v) is 6.65. The number of aliphatic hydroxyl groups excluding tert-OH is 1. The Morgan fingerprint density at radius 2 is 1.93 bits per heavy atom. The summed E-state index contributed by atoms with van der Waals surface area (Å²) in [5.74, 6) is -0.259. The maximum Gasteiger partial charge on any atom is 0.251 e. The van der Waals surface area contributed by atoms with Gasteiger partial charge in [0.05, 0.1) is 17.8 Å². The molecule has 0 unspecified atom stereocenters. The van der Waals surface area contributed by atoms with Crippen molar-refractivity contribution in [2.75, 3.05) is 18.0 Å². The van der Waals surface area contributed by atoms with Gasteiger partial charge in [0.1, 0.15) is 17.2 Å². The van der Waals surface area contributed by atoms with Crippen LogP contribution in [0.5, 0.6) is 5.75 Å². The molecule has 6 rings (SSSR count). The molecule has 3 aromatic carbocycles. The normalized spacial score (nSPS) is 20.4. The summed E-state index contributed by atoms with van der Waals surface area (Å²) < 4.78 is 22.0. The summed E-state index contributed by atoms with van der Waals surface area (Å²) in [7, 11) is 0. The lowest BCUT2D eigenvalue weighted by molar-refractivity contribution is -0.117. The van der Waals surface area contributed by atoms with Gasteiger partial charge in [0.15, 0.2) is 0 Å². The van der Waals surface area contributed by atoms with Crippen molar-refractivity contribution in [3.05, 3.63) is 93.7 Å². The molecular weight excluding hydrogens is 601 g/mol. The quantitative estimate of drug-likeness (QED) is 0.291. The van der Waals surface area contributed by atoms with Crippen molar-refractivity contribution in [3.8, 4) is 5.75 Å². The van der Waals surface area contributed by atoms with Gasteiger partial charge in [-0.1, -0.05) is 46.3 Å². The Morgan fingerprint density at radius 1 is 1.12 bits per heavy atom. The van der Waals surface area contributed by atoms with E-state index in [-0.39, 0.29) is 35.3 Å². The van der Waals surface area contributed by atoms with Crippen LogP contribution >= 0.6 is 15.9 Å². The number of carbonyl (C=O) groups excluding carboxylic acids is 2. The molecule has 3 atom stereocenters. The fourth-order valence-electron chi connectivity index (χ4n) is 6.27. The van der Waals surface area contributed by atoms with Crippen LogP contribution in [0, 0.1) is 5.82 Å². The monoisotopic (exact) mass is 635 g/mol. The first kappa shape index (κ1) is 28.8. The number of rotatable bonds is 9. The maximum atomic E-state index is 14.6. The number of hydrogen-bond acceptors (Lipinski definition) is 5. The first-order valence-corrected chi connectivity index (χ1v) is 15.4. The van der Waals surface area contributed by atoms with Crippen LogP contribution in [0.15, 0.2) is 71.2 Å². The van der Waals surface area contributed by atoms with Crippen LogP contribution in [-0.4, -0.2) is 47.8 Å². The SMILES string of the molecule is O=C(N[C@@H](Cc1ccccc1)[C@@H](O)CN[C@H]1CC2(CCC2)Oc2ccc(Br)cc21)c1ccc(F)c(N2CCCC2=O)c1. The number of carbonyl (C=O) groups is 2. The van der Waals surface area contributed by atoms with E-state index in [1.165, 1.54) is 23.1 Å². The highest BCUT2D eigenvalue weighted by Gasteiger charge is 2.45. The molecule has 42 heavy (non-hydrogen) atoms. The third kappa shape index (κ3) is 6.09. The molecule has 2 fully saturated rings. The van der Waals surface area contributed by atoms with Gasteiger partial charge in [0.2, 0.25) is 5.91 Å². The first-order valence-electron chi connectivity index (χ1n) is 14.6. The van der Waals surface area contributed by atoms with Gasteiger partial charge in [-0.05, 0) is 74.1 Å². The highest BCUT2D eigenvalue weighted by molar-refractivity contribution is 9.10. The summed E-state index contributed by atoms with van der Waals surface area (Å²) >= 11 is 3.58. The lowest BCUT2D eigenvalue weighted by Crippen LogP contribution is -2.52. The van der Waals surface area contributed by atoms with Crippen LogP contribution in [-0.2, 0) is 11.2 Å². The molecule has 0 radical (unpaired) electrons. The van der Waals surface area contributed by atoms with Gasteiger partial charge in [0, 0.05) is 47.6 Å². The Morgan fingerprint density at radius 3 is 2.64 bits per heavy atom. The van der Waals surface area contributed by atoms with E-state index in [2.05, 4.69) is 32.6 Å². The van der Waals surface area contributed by atoms with Crippen molar-refractivity contribution in [2.45, 2.75) is 68.7 Å². The Hall–Kier alpha value is -3.27. The van der Waals surface area contributed by atoms with Gasteiger partial charge in [-0.25, -0.2) is 4.39 Å². The van der Waals surface area contributed by atoms with Crippen molar-refractivity contribution in [1.82, 2.24) is 10.6 Å². The largest absolute Gasteiger partial charge is 0.487 e. The smallest absolute Gasteiger partial charge is 0.251 e. The molecule has 7 nitrogen and oxygen atoms in total. The molecule has 0 aromatic heterocycles. The minimum atomic E-state index is -0.912. The number of fused-ring (bicyclic) bond motifs is 1. The summed E-state index contributed by atoms with van der Waals surface area (Å²) in [5, 5.41) is 18.0.